The number of thiol groups is 1. The van der Waals surface area contributed by atoms with Gasteiger partial charge in [-0.05, 0) is 36.2 Å². The number of benzene rings is 2. The van der Waals surface area contributed by atoms with Crippen molar-refractivity contribution in [1.29, 1.82) is 5.41 Å². The number of nitrogens with two attached hydrogens (primary N) is 1. The number of hydrogen-bond donors (Lipinski definition) is 4. The van der Waals surface area contributed by atoms with Gasteiger partial charge in [-0.15, -0.1) is 12.6 Å². The maximum Gasteiger partial charge on any atom is 0.434 e. The topological polar surface area (TPSA) is 153 Å². The normalized spacial score (nSPS) is 13.2. The van der Waals surface area contributed by atoms with Gasteiger partial charge in [0.15, 0.2) is 0 Å². The van der Waals surface area contributed by atoms with Crippen LogP contribution in [0.25, 0.3) is 0 Å². The number of nitrogens with zero attached hydrogens (tertiary/aromatic N) is 2. The van der Waals surface area contributed by atoms with Crippen molar-refractivity contribution in [2.45, 2.75) is 36.6 Å². The average molecular weight is 590 g/mol. The van der Waals surface area contributed by atoms with Crippen LogP contribution in [0.2, 0.25) is 0 Å². The molecule has 0 aliphatic carbocycles. The summed E-state index contributed by atoms with van der Waals surface area (Å²) in [6.07, 6.45) is -3.39. The molecule has 0 bridgehead atoms. The van der Waals surface area contributed by atoms with Crippen LogP contribution in [0.3, 0.4) is 0 Å². The fraction of sp³-hybridized carbons (Fsp3) is 0.222. The quantitative estimate of drug-likeness (QED) is 0.0787. The van der Waals surface area contributed by atoms with E-state index in [9.17, 15) is 28.1 Å². The number of ether oxygens (including phenoxy) is 2. The van der Waals surface area contributed by atoms with Crippen LogP contribution in [-0.2, 0) is 11.3 Å². The lowest BCUT2D eigenvalue weighted by atomic mass is 9.95. The summed E-state index contributed by atoms with van der Waals surface area (Å²) in [6, 6.07) is 12.2. The third-order valence-corrected chi connectivity index (χ3v) is 6.50. The molecule has 1 heterocycles. The minimum Gasteiger partial charge on any atom is -0.481 e. The summed E-state index contributed by atoms with van der Waals surface area (Å²) >= 11 is 4.45. The van der Waals surface area contributed by atoms with Crippen molar-refractivity contribution in [3.63, 3.8) is 0 Å². The number of carbonyl (C=O) groups excluding carboxylic acids is 1. The van der Waals surface area contributed by atoms with Gasteiger partial charge in [0.25, 0.3) is 5.69 Å². The number of halogens is 3. The second-order valence-corrected chi connectivity index (χ2v) is 9.15. The van der Waals surface area contributed by atoms with Gasteiger partial charge >= 0.3 is 12.1 Å². The molecular weight excluding hydrogens is 563 g/mol. The molecule has 14 heteroatoms. The maximum absolute atomic E-state index is 14.2. The molecule has 0 saturated carbocycles. The number of carbonyl (C=O) groups is 1. The summed E-state index contributed by atoms with van der Waals surface area (Å²) in [5.41, 5.74) is 3.09. The molecule has 0 spiro atoms. The van der Waals surface area contributed by atoms with Gasteiger partial charge in [-0.2, -0.15) is 13.2 Å². The Labute approximate surface area is 238 Å². The molecule has 10 nitrogen and oxygen atoms in total. The Balaban J connectivity index is 1.76. The molecule has 3 rings (SSSR count). The Hall–Kier alpha value is -4.59. The van der Waals surface area contributed by atoms with E-state index < -0.39 is 34.8 Å². The highest BCUT2D eigenvalue weighted by atomic mass is 32.1. The van der Waals surface area contributed by atoms with Crippen molar-refractivity contribution < 1.29 is 32.4 Å². The third-order valence-electron chi connectivity index (χ3n) is 6.13. The molecule has 3 aromatic rings. The van der Waals surface area contributed by atoms with Crippen molar-refractivity contribution in [2.75, 3.05) is 7.11 Å². The van der Waals surface area contributed by atoms with E-state index in [1.807, 2.05) is 0 Å². The number of non-ortho nitro benzene ring substituents is 1. The molecule has 41 heavy (non-hydrogen) atoms. The molecule has 0 aliphatic rings. The Bertz CT molecular complexity index is 1460. The van der Waals surface area contributed by atoms with Crippen molar-refractivity contribution >= 4 is 30.0 Å². The van der Waals surface area contributed by atoms with Gasteiger partial charge in [-0.1, -0.05) is 19.1 Å². The molecule has 216 valence electrons. The highest BCUT2D eigenvalue weighted by molar-refractivity contribution is 7.80. The second kappa shape index (κ2) is 12.7. The summed E-state index contributed by atoms with van der Waals surface area (Å²) < 4.78 is 52.6. The van der Waals surface area contributed by atoms with Crippen molar-refractivity contribution in [2.24, 2.45) is 5.73 Å². The van der Waals surface area contributed by atoms with E-state index >= 15 is 0 Å². The van der Waals surface area contributed by atoms with E-state index in [0.29, 0.717) is 27.5 Å². The summed E-state index contributed by atoms with van der Waals surface area (Å²) in [6.45, 7) is 1.20. The zero-order valence-corrected chi connectivity index (χ0v) is 22.8. The van der Waals surface area contributed by atoms with Gasteiger partial charge in [0.1, 0.15) is 0 Å². The summed E-state index contributed by atoms with van der Waals surface area (Å²) in [7, 11) is 1.48. The smallest absolute Gasteiger partial charge is 0.434 e. The molecule has 0 fully saturated rings. The minimum atomic E-state index is -5.07. The highest BCUT2D eigenvalue weighted by Gasteiger charge is 2.59. The van der Waals surface area contributed by atoms with Gasteiger partial charge < -0.3 is 20.5 Å². The SMILES string of the molecule is CCC(OC(=O)c1ccc([N+](=O)[O-])cc1)(/C(N)=C/NCc1ccc(C(=N)c2ccc(OC)nc2)c(S)c1)C(F)(F)F. The van der Waals surface area contributed by atoms with Crippen LogP contribution in [0.5, 0.6) is 5.88 Å². The van der Waals surface area contributed by atoms with E-state index in [1.54, 1.807) is 30.3 Å². The first-order valence-corrected chi connectivity index (χ1v) is 12.4. The maximum atomic E-state index is 14.2. The van der Waals surface area contributed by atoms with Crippen molar-refractivity contribution in [3.05, 3.63) is 105 Å². The van der Waals surface area contributed by atoms with Crippen LogP contribution in [-0.4, -0.2) is 40.5 Å². The zero-order valence-electron chi connectivity index (χ0n) is 21.9. The lowest BCUT2D eigenvalue weighted by molar-refractivity contribution is -0.384. The second-order valence-electron chi connectivity index (χ2n) is 8.67. The first kappa shape index (κ1) is 30.9. The van der Waals surface area contributed by atoms with Gasteiger partial charge in [0.2, 0.25) is 11.5 Å². The molecule has 0 amide bonds. The van der Waals surface area contributed by atoms with Gasteiger partial charge in [0.05, 0.1) is 29.0 Å². The largest absolute Gasteiger partial charge is 0.481 e. The predicted octanol–water partition coefficient (Wildman–Crippen LogP) is 5.16. The summed E-state index contributed by atoms with van der Waals surface area (Å²) in [5, 5.41) is 22.0. The van der Waals surface area contributed by atoms with Crippen LogP contribution in [0.1, 0.15) is 40.4 Å². The number of hydrogen-bond acceptors (Lipinski definition) is 10. The molecule has 2 aromatic carbocycles. The standard InChI is InChI=1S/C27H26F3N5O5S/c1-3-26(27(28,29)30,40-25(36)17-5-8-19(9-6-17)35(37)38)22(31)15-33-13-16-4-10-20(21(41)12-16)24(32)18-7-11-23(39-2)34-14-18/h4-12,14-15,32-33,41H,3,13,31H2,1-2H3/b22-15-,32-24?. The molecule has 4 N–H and O–H groups in total. The number of nitro groups is 1. The third kappa shape index (κ3) is 6.95. The summed E-state index contributed by atoms with van der Waals surface area (Å²) in [5.74, 6) is -0.944. The number of nitrogens with one attached hydrogen (secondary N) is 2. The minimum absolute atomic E-state index is 0.0416. The number of aromatic nitrogens is 1. The Morgan fingerprint density at radius 2 is 1.83 bits per heavy atom. The van der Waals surface area contributed by atoms with E-state index in [2.05, 4.69) is 22.9 Å². The Kier molecular flexibility index (Phi) is 9.60. The average Bonchev–Trinajstić information content (AvgIpc) is 2.94. The fourth-order valence-electron chi connectivity index (χ4n) is 3.79. The number of alkyl halides is 3. The van der Waals surface area contributed by atoms with Crippen LogP contribution < -0.4 is 15.8 Å². The molecule has 1 atom stereocenters. The lowest BCUT2D eigenvalue weighted by Gasteiger charge is -2.34. The molecule has 0 radical (unpaired) electrons. The predicted molar refractivity (Wildman–Crippen MR) is 147 cm³/mol. The highest BCUT2D eigenvalue weighted by Crippen LogP contribution is 2.41. The summed E-state index contributed by atoms with van der Waals surface area (Å²) in [4.78, 5) is 27.2. The number of esters is 1. The number of pyridine rings is 1. The molecule has 1 aromatic heterocycles. The van der Waals surface area contributed by atoms with Crippen LogP contribution in [0, 0.1) is 15.5 Å². The van der Waals surface area contributed by atoms with Crippen molar-refractivity contribution in [1.82, 2.24) is 10.3 Å². The molecule has 1 unspecified atom stereocenters. The van der Waals surface area contributed by atoms with Crippen LogP contribution in [0.4, 0.5) is 18.9 Å². The number of rotatable bonds is 11. The number of nitro benzene ring substituents is 1. The van der Waals surface area contributed by atoms with E-state index in [0.717, 1.165) is 37.4 Å². The lowest BCUT2D eigenvalue weighted by Crippen LogP contribution is -2.52. The van der Waals surface area contributed by atoms with Gasteiger partial charge in [0, 0.05) is 53.2 Å². The van der Waals surface area contributed by atoms with E-state index in [4.69, 9.17) is 20.6 Å². The molecular formula is C27H26F3N5O5S. The van der Waals surface area contributed by atoms with Crippen LogP contribution in [0.15, 0.2) is 77.6 Å². The van der Waals surface area contributed by atoms with Gasteiger partial charge in [-0.25, -0.2) is 9.78 Å². The number of methoxy groups -OCH3 is 1. The molecule has 0 aliphatic heterocycles. The van der Waals surface area contributed by atoms with E-state index in [1.165, 1.54) is 13.3 Å². The monoisotopic (exact) mass is 589 g/mol. The first-order chi connectivity index (χ1) is 19.3. The van der Waals surface area contributed by atoms with Gasteiger partial charge in [-0.3, -0.25) is 15.5 Å². The Morgan fingerprint density at radius 3 is 2.34 bits per heavy atom. The first-order valence-electron chi connectivity index (χ1n) is 12.0. The fourth-order valence-corrected chi connectivity index (χ4v) is 4.14. The van der Waals surface area contributed by atoms with Crippen LogP contribution >= 0.6 is 12.6 Å². The zero-order chi connectivity index (χ0) is 30.4. The Morgan fingerprint density at radius 1 is 1.17 bits per heavy atom. The van der Waals surface area contributed by atoms with E-state index in [-0.39, 0.29) is 23.5 Å². The molecule has 0 saturated heterocycles. The van der Waals surface area contributed by atoms with Crippen molar-refractivity contribution in [3.8, 4) is 5.88 Å².